The summed E-state index contributed by atoms with van der Waals surface area (Å²) in [5.74, 6) is -0.579. The average molecular weight is 518 g/mol. The number of hydrogen-bond acceptors (Lipinski definition) is 6. The lowest BCUT2D eigenvalue weighted by Gasteiger charge is -2.19. The van der Waals surface area contributed by atoms with Crippen LogP contribution in [0.3, 0.4) is 0 Å². The smallest absolute Gasteiger partial charge is 0.435 e. The molecule has 0 radical (unpaired) electrons. The summed E-state index contributed by atoms with van der Waals surface area (Å²) in [6.07, 6.45) is 1.39. The number of ether oxygens (including phenoxy) is 2. The van der Waals surface area contributed by atoms with Gasteiger partial charge in [0.05, 0.1) is 16.7 Å². The van der Waals surface area contributed by atoms with Crippen molar-refractivity contribution in [2.75, 3.05) is 11.9 Å². The van der Waals surface area contributed by atoms with Crippen LogP contribution in [-0.4, -0.2) is 39.8 Å². The van der Waals surface area contributed by atoms with Crippen LogP contribution in [0.1, 0.15) is 44.5 Å². The third-order valence-corrected chi connectivity index (χ3v) is 5.68. The van der Waals surface area contributed by atoms with Gasteiger partial charge in [-0.3, -0.25) is 9.59 Å². The normalized spacial score (nSPS) is 11.3. The Bertz CT molecular complexity index is 1320. The summed E-state index contributed by atoms with van der Waals surface area (Å²) in [6, 6.07) is 7.93. The van der Waals surface area contributed by atoms with E-state index < -0.39 is 17.6 Å². The van der Waals surface area contributed by atoms with Crippen molar-refractivity contribution < 1.29 is 23.9 Å². The fraction of sp³-hybridized carbons (Fsp3) is 0.280. The second kappa shape index (κ2) is 10.5. The molecular weight excluding hydrogens is 493 g/mol. The molecule has 1 amide bonds. The molecule has 8 nitrogen and oxygen atoms in total. The van der Waals surface area contributed by atoms with Gasteiger partial charge in [-0.15, -0.1) is 0 Å². The molecule has 0 saturated carbocycles. The fourth-order valence-electron chi connectivity index (χ4n) is 3.07. The zero-order valence-corrected chi connectivity index (χ0v) is 21.3. The Kier molecular flexibility index (Phi) is 7.87. The Balaban J connectivity index is 1.66. The van der Waals surface area contributed by atoms with E-state index in [4.69, 9.17) is 32.7 Å². The highest BCUT2D eigenvalue weighted by molar-refractivity contribution is 6.45. The van der Waals surface area contributed by atoms with E-state index in [0.717, 1.165) is 4.68 Å². The van der Waals surface area contributed by atoms with Gasteiger partial charge in [-0.25, -0.2) is 4.79 Å². The first-order valence-electron chi connectivity index (χ1n) is 10.8. The van der Waals surface area contributed by atoms with Crippen LogP contribution in [0.15, 0.2) is 48.7 Å². The quantitative estimate of drug-likeness (QED) is 0.291. The number of halogens is 2. The molecule has 1 aromatic heterocycles. The van der Waals surface area contributed by atoms with E-state index >= 15 is 0 Å². The molecule has 0 aliphatic rings. The molecule has 0 fully saturated rings. The van der Waals surface area contributed by atoms with Crippen LogP contribution in [0.2, 0.25) is 10.0 Å². The lowest BCUT2D eigenvalue weighted by Crippen LogP contribution is -2.27. The number of fused-ring (bicyclic) bond motifs is 1. The van der Waals surface area contributed by atoms with E-state index in [0.29, 0.717) is 28.6 Å². The SMILES string of the molecule is C=C(CC)C(=O)c1ccc(OCC(=O)Nc2ccc3c(cnn3C(=O)OC(C)(C)C)c2)c(Cl)c1Cl. The van der Waals surface area contributed by atoms with Crippen molar-refractivity contribution >= 4 is 57.6 Å². The molecule has 0 aliphatic carbocycles. The number of anilines is 1. The van der Waals surface area contributed by atoms with Crippen LogP contribution < -0.4 is 10.1 Å². The molecule has 1 heterocycles. The second-order valence-corrected chi connectivity index (χ2v) is 9.43. The minimum Gasteiger partial charge on any atom is -0.482 e. The van der Waals surface area contributed by atoms with E-state index in [-0.39, 0.29) is 33.7 Å². The molecule has 10 heteroatoms. The fourth-order valence-corrected chi connectivity index (χ4v) is 3.53. The van der Waals surface area contributed by atoms with Crippen LogP contribution in [0.25, 0.3) is 10.9 Å². The van der Waals surface area contributed by atoms with Gasteiger partial charge >= 0.3 is 6.09 Å². The number of allylic oxidation sites excluding steroid dienone is 1. The Morgan fingerprint density at radius 1 is 1.11 bits per heavy atom. The molecule has 0 atom stereocenters. The van der Waals surface area contributed by atoms with E-state index in [1.54, 1.807) is 39.0 Å². The van der Waals surface area contributed by atoms with Gasteiger partial charge in [0.1, 0.15) is 16.4 Å². The summed E-state index contributed by atoms with van der Waals surface area (Å²) in [7, 11) is 0. The maximum absolute atomic E-state index is 12.4. The minimum absolute atomic E-state index is 0.0326. The van der Waals surface area contributed by atoms with Crippen LogP contribution >= 0.6 is 23.2 Å². The van der Waals surface area contributed by atoms with Crippen molar-refractivity contribution in [3.8, 4) is 5.75 Å². The summed E-state index contributed by atoms with van der Waals surface area (Å²) >= 11 is 12.5. The Labute approximate surface area is 212 Å². The third kappa shape index (κ3) is 6.21. The van der Waals surface area contributed by atoms with Gasteiger partial charge in [0.15, 0.2) is 12.4 Å². The number of nitrogens with zero attached hydrogens (tertiary/aromatic N) is 2. The number of carbonyl (C=O) groups excluding carboxylic acids is 3. The molecule has 184 valence electrons. The van der Waals surface area contributed by atoms with Gasteiger partial charge in [0, 0.05) is 16.6 Å². The molecule has 35 heavy (non-hydrogen) atoms. The molecule has 0 unspecified atom stereocenters. The molecule has 1 N–H and O–H groups in total. The maximum atomic E-state index is 12.4. The summed E-state index contributed by atoms with van der Waals surface area (Å²) in [5, 5.41) is 7.49. The van der Waals surface area contributed by atoms with E-state index in [1.807, 2.05) is 6.92 Å². The predicted octanol–water partition coefficient (Wildman–Crippen LogP) is 6.29. The van der Waals surface area contributed by atoms with Crippen molar-refractivity contribution in [2.45, 2.75) is 39.7 Å². The van der Waals surface area contributed by atoms with E-state index in [2.05, 4.69) is 17.0 Å². The standard InChI is InChI=1S/C25H25Cl2N3O5/c1-6-14(2)23(32)17-8-10-19(22(27)21(17)26)34-13-20(31)29-16-7-9-18-15(11-16)12-28-30(18)24(33)35-25(3,4)5/h7-12H,2,6,13H2,1,3-5H3,(H,29,31). The van der Waals surface area contributed by atoms with E-state index in [9.17, 15) is 14.4 Å². The summed E-state index contributed by atoms with van der Waals surface area (Å²) in [5.41, 5.74) is 0.995. The zero-order valence-electron chi connectivity index (χ0n) is 19.8. The topological polar surface area (TPSA) is 99.5 Å². The summed E-state index contributed by atoms with van der Waals surface area (Å²) in [4.78, 5) is 37.1. The largest absolute Gasteiger partial charge is 0.482 e. The van der Waals surface area contributed by atoms with Crippen molar-refractivity contribution in [1.82, 2.24) is 9.78 Å². The van der Waals surface area contributed by atoms with E-state index in [1.165, 1.54) is 18.3 Å². The molecule has 3 aromatic rings. The Morgan fingerprint density at radius 2 is 1.83 bits per heavy atom. The number of ketones is 1. The lowest BCUT2D eigenvalue weighted by atomic mass is 10.0. The second-order valence-electron chi connectivity index (χ2n) is 8.67. The first kappa shape index (κ1) is 26.2. The Morgan fingerprint density at radius 3 is 2.49 bits per heavy atom. The van der Waals surface area contributed by atoms with Crippen LogP contribution in [0, 0.1) is 0 Å². The zero-order chi connectivity index (χ0) is 25.9. The molecule has 3 rings (SSSR count). The first-order valence-corrected chi connectivity index (χ1v) is 11.5. The van der Waals surface area contributed by atoms with Gasteiger partial charge in [0.25, 0.3) is 5.91 Å². The molecule has 2 aromatic carbocycles. The highest BCUT2D eigenvalue weighted by Crippen LogP contribution is 2.35. The highest BCUT2D eigenvalue weighted by atomic mass is 35.5. The van der Waals surface area contributed by atoms with Gasteiger partial charge in [0.2, 0.25) is 0 Å². The predicted molar refractivity (Wildman–Crippen MR) is 136 cm³/mol. The molecule has 0 aliphatic heterocycles. The van der Waals surface area contributed by atoms with Gasteiger partial charge in [-0.05, 0) is 63.1 Å². The van der Waals surface area contributed by atoms with Crippen molar-refractivity contribution in [3.05, 3.63) is 64.3 Å². The number of aromatic nitrogens is 2. The van der Waals surface area contributed by atoms with Gasteiger partial charge in [-0.1, -0.05) is 36.7 Å². The highest BCUT2D eigenvalue weighted by Gasteiger charge is 2.21. The van der Waals surface area contributed by atoms with Gasteiger partial charge < -0.3 is 14.8 Å². The molecule has 0 bridgehead atoms. The Hall–Kier alpha value is -3.36. The number of benzene rings is 2. The number of rotatable bonds is 7. The monoisotopic (exact) mass is 517 g/mol. The van der Waals surface area contributed by atoms with Gasteiger partial charge in [-0.2, -0.15) is 9.78 Å². The number of carbonyl (C=O) groups is 3. The molecular formula is C25H25Cl2N3O5. The number of hydrogen-bond donors (Lipinski definition) is 1. The molecule has 0 spiro atoms. The minimum atomic E-state index is -0.656. The van der Waals surface area contributed by atoms with Crippen molar-refractivity contribution in [1.29, 1.82) is 0 Å². The van der Waals surface area contributed by atoms with Crippen LogP contribution in [0.5, 0.6) is 5.75 Å². The third-order valence-electron chi connectivity index (χ3n) is 4.82. The summed E-state index contributed by atoms with van der Waals surface area (Å²) in [6.45, 7) is 10.5. The van der Waals surface area contributed by atoms with Crippen LogP contribution in [0.4, 0.5) is 10.5 Å². The number of amides is 1. The number of nitrogens with one attached hydrogen (secondary N) is 1. The van der Waals surface area contributed by atoms with Crippen LogP contribution in [-0.2, 0) is 9.53 Å². The first-order chi connectivity index (χ1) is 16.4. The molecule has 0 saturated heterocycles. The lowest BCUT2D eigenvalue weighted by molar-refractivity contribution is -0.118. The summed E-state index contributed by atoms with van der Waals surface area (Å²) < 4.78 is 12.0. The maximum Gasteiger partial charge on any atom is 0.435 e. The van der Waals surface area contributed by atoms with Crippen molar-refractivity contribution in [2.24, 2.45) is 0 Å². The van der Waals surface area contributed by atoms with Crippen molar-refractivity contribution in [3.63, 3.8) is 0 Å². The average Bonchev–Trinajstić information content (AvgIpc) is 3.21. The number of Topliss-reactive ketones (excluding diaryl/α,β-unsaturated/α-hetero) is 1.